The van der Waals surface area contributed by atoms with Crippen molar-refractivity contribution in [3.8, 4) is 0 Å². The van der Waals surface area contributed by atoms with Gasteiger partial charge in [-0.25, -0.2) is 0 Å². The molecule has 0 atom stereocenters. The first-order chi connectivity index (χ1) is 9.99. The Morgan fingerprint density at radius 1 is 0.727 bits per heavy atom. The molecule has 0 rings (SSSR count). The molecule has 0 aromatic carbocycles. The summed E-state index contributed by atoms with van der Waals surface area (Å²) < 4.78 is 11.8. The summed E-state index contributed by atoms with van der Waals surface area (Å²) in [4.78, 5) is 22.9. The van der Waals surface area contributed by atoms with Crippen molar-refractivity contribution in [2.45, 2.75) is 0 Å². The number of quaternary nitrogens is 2. The molecule has 130 valence electrons. The van der Waals surface area contributed by atoms with Crippen LogP contribution in [0.2, 0.25) is 0 Å². The predicted molar refractivity (Wildman–Crippen MR) is 92.6 cm³/mol. The smallest absolute Gasteiger partial charge is 0.316 e. The van der Waals surface area contributed by atoms with Gasteiger partial charge in [-0.05, 0) is 0 Å². The van der Waals surface area contributed by atoms with Crippen molar-refractivity contribution in [2.24, 2.45) is 0 Å². The van der Waals surface area contributed by atoms with Gasteiger partial charge in [0.25, 0.3) is 0 Å². The zero-order valence-electron chi connectivity index (χ0n) is 14.6. The van der Waals surface area contributed by atoms with Crippen molar-refractivity contribution in [2.75, 3.05) is 80.1 Å². The molecule has 0 aliphatic rings. The number of nitrogens with zero attached hydrogens (tertiary/aromatic N) is 2. The van der Waals surface area contributed by atoms with E-state index in [0.29, 0.717) is 13.2 Å². The Hall–Kier alpha value is -0.440. The maximum Gasteiger partial charge on any atom is 0.316 e. The predicted octanol–water partition coefficient (Wildman–Crippen LogP) is 0.867. The normalized spacial score (nSPS) is 12.1. The first-order valence-corrected chi connectivity index (χ1v) is 9.65. The molecule has 0 bridgehead atoms. The van der Waals surface area contributed by atoms with E-state index in [9.17, 15) is 9.59 Å². The second kappa shape index (κ2) is 10.4. The molecule has 0 N–H and O–H groups in total. The third kappa shape index (κ3) is 15.9. The Balaban J connectivity index is 3.55. The third-order valence-corrected chi connectivity index (χ3v) is 4.57. The lowest BCUT2D eigenvalue weighted by molar-refractivity contribution is -0.870. The second-order valence-electron chi connectivity index (χ2n) is 6.99. The number of likely N-dealkylation sites (N-methyl/N-ethyl adjacent to an activating group) is 2. The van der Waals surface area contributed by atoms with Crippen LogP contribution in [0.15, 0.2) is 0 Å². The Morgan fingerprint density at radius 3 is 1.32 bits per heavy atom. The SMILES string of the molecule is C[N+](C)(C)CCOC(=O)CSSCC(=O)OCC[N+](C)(C)C. The largest absolute Gasteiger partial charge is 0.459 e. The monoisotopic (exact) mass is 354 g/mol. The van der Waals surface area contributed by atoms with Crippen molar-refractivity contribution in [1.82, 2.24) is 0 Å². The lowest BCUT2D eigenvalue weighted by Gasteiger charge is -2.23. The summed E-state index contributed by atoms with van der Waals surface area (Å²) in [5, 5.41) is 0. The highest BCUT2D eigenvalue weighted by Crippen LogP contribution is 2.21. The highest BCUT2D eigenvalue weighted by molar-refractivity contribution is 8.77. The van der Waals surface area contributed by atoms with Crippen LogP contribution in [0.25, 0.3) is 0 Å². The summed E-state index contributed by atoms with van der Waals surface area (Å²) in [7, 11) is 14.9. The molecule has 0 fully saturated rings. The molecule has 0 aromatic rings. The van der Waals surface area contributed by atoms with Crippen LogP contribution < -0.4 is 0 Å². The van der Waals surface area contributed by atoms with E-state index in [1.807, 2.05) is 42.3 Å². The maximum absolute atomic E-state index is 11.5. The summed E-state index contributed by atoms with van der Waals surface area (Å²) in [5.41, 5.74) is 0. The molecule has 0 aliphatic carbocycles. The topological polar surface area (TPSA) is 52.6 Å². The molecule has 0 saturated heterocycles. The molecule has 0 radical (unpaired) electrons. The molecule has 0 unspecified atom stereocenters. The molecular formula is C14H30N2O4S2+2. The highest BCUT2D eigenvalue weighted by atomic mass is 33.1. The lowest BCUT2D eigenvalue weighted by atomic mass is 10.5. The van der Waals surface area contributed by atoms with E-state index >= 15 is 0 Å². The van der Waals surface area contributed by atoms with Crippen LogP contribution in [-0.4, -0.2) is 101 Å². The average Bonchev–Trinajstić information content (AvgIpc) is 2.31. The molecule has 6 nitrogen and oxygen atoms in total. The molecular weight excluding hydrogens is 324 g/mol. The summed E-state index contributed by atoms with van der Waals surface area (Å²) in [6.07, 6.45) is 0. The first-order valence-electron chi connectivity index (χ1n) is 7.16. The fourth-order valence-electron chi connectivity index (χ4n) is 1.13. The van der Waals surface area contributed by atoms with Gasteiger partial charge in [-0.3, -0.25) is 9.59 Å². The molecule has 8 heteroatoms. The molecule has 0 aromatic heterocycles. The van der Waals surface area contributed by atoms with Crippen molar-refractivity contribution in [3.05, 3.63) is 0 Å². The number of hydrogen-bond acceptors (Lipinski definition) is 6. The number of ether oxygens (including phenoxy) is 2. The van der Waals surface area contributed by atoms with Crippen molar-refractivity contribution in [3.63, 3.8) is 0 Å². The molecule has 0 aliphatic heterocycles. The lowest BCUT2D eigenvalue weighted by Crippen LogP contribution is -2.38. The van der Waals surface area contributed by atoms with E-state index in [-0.39, 0.29) is 23.4 Å². The van der Waals surface area contributed by atoms with Crippen LogP contribution in [0.5, 0.6) is 0 Å². The Kier molecular flexibility index (Phi) is 10.1. The number of esters is 2. The average molecular weight is 355 g/mol. The van der Waals surface area contributed by atoms with Gasteiger partial charge >= 0.3 is 11.9 Å². The minimum absolute atomic E-state index is 0.244. The molecule has 0 amide bonds. The van der Waals surface area contributed by atoms with Crippen LogP contribution in [-0.2, 0) is 19.1 Å². The summed E-state index contributed by atoms with van der Waals surface area (Å²) in [5.74, 6) is -0.00391. The van der Waals surface area contributed by atoms with E-state index in [1.54, 1.807) is 0 Å². The van der Waals surface area contributed by atoms with Gasteiger partial charge < -0.3 is 18.4 Å². The fourth-order valence-corrected chi connectivity index (χ4v) is 2.73. The summed E-state index contributed by atoms with van der Waals surface area (Å²) in [6, 6.07) is 0. The number of carbonyl (C=O) groups excluding carboxylic acids is 2. The first kappa shape index (κ1) is 21.6. The molecule has 0 spiro atoms. The minimum Gasteiger partial charge on any atom is -0.459 e. The molecule has 0 saturated carbocycles. The van der Waals surface area contributed by atoms with E-state index in [0.717, 1.165) is 22.1 Å². The van der Waals surface area contributed by atoms with E-state index in [2.05, 4.69) is 0 Å². The standard InChI is InChI=1S/C14H30N2O4S2/c1-15(2,3)7-9-19-13(17)11-21-22-12-14(18)20-10-8-16(4,5)6/h7-12H2,1-6H3/q+2. The Bertz CT molecular complexity index is 318. The van der Waals surface area contributed by atoms with Crippen LogP contribution >= 0.6 is 21.6 Å². The fraction of sp³-hybridized carbons (Fsp3) is 0.857. The van der Waals surface area contributed by atoms with Gasteiger partial charge in [-0.15, -0.1) is 0 Å². The highest BCUT2D eigenvalue weighted by Gasteiger charge is 2.12. The van der Waals surface area contributed by atoms with Crippen LogP contribution in [0.4, 0.5) is 0 Å². The Labute approximate surface area is 142 Å². The van der Waals surface area contributed by atoms with E-state index in [4.69, 9.17) is 9.47 Å². The van der Waals surface area contributed by atoms with Crippen LogP contribution in [0, 0.1) is 0 Å². The minimum atomic E-state index is -0.246. The van der Waals surface area contributed by atoms with E-state index in [1.165, 1.54) is 21.6 Å². The third-order valence-electron chi connectivity index (χ3n) is 2.49. The second-order valence-corrected chi connectivity index (χ2v) is 9.46. The van der Waals surface area contributed by atoms with Crippen molar-refractivity contribution in [1.29, 1.82) is 0 Å². The number of carbonyl (C=O) groups is 2. The zero-order valence-corrected chi connectivity index (χ0v) is 16.2. The van der Waals surface area contributed by atoms with Gasteiger partial charge in [0, 0.05) is 0 Å². The number of rotatable bonds is 11. The van der Waals surface area contributed by atoms with Gasteiger partial charge in [0.1, 0.15) is 37.8 Å². The van der Waals surface area contributed by atoms with Gasteiger partial charge in [0.2, 0.25) is 0 Å². The Morgan fingerprint density at radius 2 is 1.05 bits per heavy atom. The quantitative estimate of drug-likeness (QED) is 0.237. The van der Waals surface area contributed by atoms with Crippen LogP contribution in [0.1, 0.15) is 0 Å². The van der Waals surface area contributed by atoms with Gasteiger partial charge in [0.05, 0.1) is 42.3 Å². The summed E-state index contributed by atoms with van der Waals surface area (Å²) >= 11 is 0. The maximum atomic E-state index is 11.5. The number of hydrogen-bond donors (Lipinski definition) is 0. The molecule has 22 heavy (non-hydrogen) atoms. The zero-order chi connectivity index (χ0) is 17.2. The van der Waals surface area contributed by atoms with Gasteiger partial charge in [0.15, 0.2) is 0 Å². The summed E-state index contributed by atoms with van der Waals surface area (Å²) in [6.45, 7) is 2.39. The van der Waals surface area contributed by atoms with Gasteiger partial charge in [-0.1, -0.05) is 21.6 Å². The molecule has 0 heterocycles. The van der Waals surface area contributed by atoms with E-state index < -0.39 is 0 Å². The van der Waals surface area contributed by atoms with Crippen molar-refractivity contribution >= 4 is 33.5 Å². The van der Waals surface area contributed by atoms with Gasteiger partial charge in [-0.2, -0.15) is 0 Å². The van der Waals surface area contributed by atoms with Crippen molar-refractivity contribution < 1.29 is 28.0 Å². The van der Waals surface area contributed by atoms with Crippen LogP contribution in [0.3, 0.4) is 0 Å².